The number of aliphatic hydroxyl groups is 1. The Morgan fingerprint density at radius 3 is 2.31 bits per heavy atom. The molecule has 4 nitrogen and oxygen atoms in total. The molecule has 1 amide bonds. The van der Waals surface area contributed by atoms with E-state index in [0.29, 0.717) is 0 Å². The molecule has 0 radical (unpaired) electrons. The van der Waals surface area contributed by atoms with Gasteiger partial charge in [-0.05, 0) is 38.5 Å². The van der Waals surface area contributed by atoms with E-state index < -0.39 is 5.54 Å². The van der Waals surface area contributed by atoms with Crippen LogP contribution in [0.5, 0.6) is 0 Å². The molecule has 0 aliphatic heterocycles. The molecule has 2 aliphatic carbocycles. The molecule has 0 saturated heterocycles. The predicted octanol–water partition coefficient (Wildman–Crippen LogP) is 0.678. The lowest BCUT2D eigenvalue weighted by molar-refractivity contribution is -0.127. The number of carbonyl (C=O) groups is 1. The van der Waals surface area contributed by atoms with Crippen LogP contribution >= 0.6 is 0 Å². The van der Waals surface area contributed by atoms with E-state index in [-0.39, 0.29) is 18.1 Å². The van der Waals surface area contributed by atoms with Gasteiger partial charge in [0.2, 0.25) is 5.91 Å². The summed E-state index contributed by atoms with van der Waals surface area (Å²) in [6, 6.07) is 0.219. The number of aliphatic hydroxyl groups excluding tert-OH is 1. The van der Waals surface area contributed by atoms with E-state index in [1.54, 1.807) is 0 Å². The molecule has 0 bridgehead atoms. The zero-order chi connectivity index (χ0) is 11.6. The third-order valence-corrected chi connectivity index (χ3v) is 3.98. The van der Waals surface area contributed by atoms with Crippen LogP contribution in [-0.2, 0) is 4.79 Å². The summed E-state index contributed by atoms with van der Waals surface area (Å²) in [5.41, 5.74) is 5.47. The van der Waals surface area contributed by atoms with Crippen molar-refractivity contribution in [2.75, 3.05) is 0 Å². The third kappa shape index (κ3) is 2.55. The lowest BCUT2D eigenvalue weighted by atomic mass is 9.91. The van der Waals surface area contributed by atoms with Gasteiger partial charge < -0.3 is 16.2 Å². The van der Waals surface area contributed by atoms with E-state index in [1.165, 1.54) is 0 Å². The highest BCUT2D eigenvalue weighted by atomic mass is 16.3. The van der Waals surface area contributed by atoms with Crippen LogP contribution in [0.3, 0.4) is 0 Å². The summed E-state index contributed by atoms with van der Waals surface area (Å²) in [4.78, 5) is 12.0. The van der Waals surface area contributed by atoms with Gasteiger partial charge in [-0.1, -0.05) is 12.8 Å². The third-order valence-electron chi connectivity index (χ3n) is 3.98. The molecule has 4 N–H and O–H groups in total. The standard InChI is InChI=1S/C12H22N2O2/c13-12(7-1-2-8-12)11(16)14-9-3-5-10(15)6-4-9/h9-10,15H,1-8,13H2,(H,14,16). The van der Waals surface area contributed by atoms with E-state index in [2.05, 4.69) is 5.32 Å². The summed E-state index contributed by atoms with van der Waals surface area (Å²) in [6.07, 6.45) is 6.92. The van der Waals surface area contributed by atoms with Gasteiger partial charge in [-0.2, -0.15) is 0 Å². The van der Waals surface area contributed by atoms with Gasteiger partial charge in [-0.25, -0.2) is 0 Å². The van der Waals surface area contributed by atoms with Gasteiger partial charge in [0.05, 0.1) is 11.6 Å². The van der Waals surface area contributed by atoms with E-state index in [1.807, 2.05) is 0 Å². The van der Waals surface area contributed by atoms with Gasteiger partial charge in [-0.15, -0.1) is 0 Å². The Balaban J connectivity index is 1.83. The fourth-order valence-electron chi connectivity index (χ4n) is 2.78. The molecule has 0 unspecified atom stereocenters. The van der Waals surface area contributed by atoms with Crippen LogP contribution in [0, 0.1) is 0 Å². The summed E-state index contributed by atoms with van der Waals surface area (Å²) in [7, 11) is 0. The normalized spacial score (nSPS) is 33.6. The number of carbonyl (C=O) groups excluding carboxylic acids is 1. The molecule has 4 heteroatoms. The summed E-state index contributed by atoms with van der Waals surface area (Å²) in [5, 5.41) is 12.4. The monoisotopic (exact) mass is 226 g/mol. The molecule has 0 aromatic rings. The zero-order valence-corrected chi connectivity index (χ0v) is 9.74. The minimum atomic E-state index is -0.615. The first-order valence-electron chi connectivity index (χ1n) is 6.38. The minimum Gasteiger partial charge on any atom is -0.393 e. The Morgan fingerprint density at radius 2 is 1.75 bits per heavy atom. The summed E-state index contributed by atoms with van der Waals surface area (Å²) >= 11 is 0. The fourth-order valence-corrected chi connectivity index (χ4v) is 2.78. The van der Waals surface area contributed by atoms with Crippen molar-refractivity contribution in [3.8, 4) is 0 Å². The van der Waals surface area contributed by atoms with Crippen LogP contribution in [0.15, 0.2) is 0 Å². The van der Waals surface area contributed by atoms with Crippen LogP contribution in [0.1, 0.15) is 51.4 Å². The second-order valence-electron chi connectivity index (χ2n) is 5.34. The Bertz CT molecular complexity index is 254. The Morgan fingerprint density at radius 1 is 1.19 bits per heavy atom. The number of amides is 1. The molecular weight excluding hydrogens is 204 g/mol. The predicted molar refractivity (Wildman–Crippen MR) is 61.8 cm³/mol. The maximum Gasteiger partial charge on any atom is 0.240 e. The lowest BCUT2D eigenvalue weighted by Crippen LogP contribution is -2.55. The molecule has 0 aromatic carbocycles. The fraction of sp³-hybridized carbons (Fsp3) is 0.917. The van der Waals surface area contributed by atoms with Crippen LogP contribution in [0.25, 0.3) is 0 Å². The highest BCUT2D eigenvalue weighted by Crippen LogP contribution is 2.28. The van der Waals surface area contributed by atoms with E-state index >= 15 is 0 Å². The van der Waals surface area contributed by atoms with Gasteiger partial charge in [0.15, 0.2) is 0 Å². The van der Waals surface area contributed by atoms with Crippen molar-refractivity contribution < 1.29 is 9.90 Å². The molecule has 0 heterocycles. The van der Waals surface area contributed by atoms with Crippen molar-refractivity contribution in [2.24, 2.45) is 5.73 Å². The number of nitrogens with one attached hydrogen (secondary N) is 1. The van der Waals surface area contributed by atoms with Crippen molar-refractivity contribution in [1.29, 1.82) is 0 Å². The van der Waals surface area contributed by atoms with Crippen LogP contribution in [0.2, 0.25) is 0 Å². The number of nitrogens with two attached hydrogens (primary N) is 1. The van der Waals surface area contributed by atoms with Crippen LogP contribution in [-0.4, -0.2) is 28.7 Å². The van der Waals surface area contributed by atoms with Gasteiger partial charge >= 0.3 is 0 Å². The lowest BCUT2D eigenvalue weighted by Gasteiger charge is -2.30. The first kappa shape index (κ1) is 11.9. The van der Waals surface area contributed by atoms with E-state index in [9.17, 15) is 9.90 Å². The Labute approximate surface area is 96.6 Å². The highest BCUT2D eigenvalue weighted by molar-refractivity contribution is 5.86. The van der Waals surface area contributed by atoms with Gasteiger partial charge in [0, 0.05) is 6.04 Å². The summed E-state index contributed by atoms with van der Waals surface area (Å²) < 4.78 is 0. The Kier molecular flexibility index (Phi) is 3.50. The molecule has 2 fully saturated rings. The first-order valence-corrected chi connectivity index (χ1v) is 6.38. The molecular formula is C12H22N2O2. The molecule has 92 valence electrons. The maximum absolute atomic E-state index is 12.0. The number of hydrogen-bond acceptors (Lipinski definition) is 3. The molecule has 0 aromatic heterocycles. The van der Waals surface area contributed by atoms with E-state index in [4.69, 9.17) is 5.73 Å². The van der Waals surface area contributed by atoms with Crippen LogP contribution in [0.4, 0.5) is 0 Å². The molecule has 0 atom stereocenters. The second-order valence-corrected chi connectivity index (χ2v) is 5.34. The average molecular weight is 226 g/mol. The second kappa shape index (κ2) is 4.72. The van der Waals surface area contributed by atoms with Gasteiger partial charge in [0.1, 0.15) is 0 Å². The van der Waals surface area contributed by atoms with E-state index in [0.717, 1.165) is 51.4 Å². The van der Waals surface area contributed by atoms with Crippen molar-refractivity contribution in [1.82, 2.24) is 5.32 Å². The summed E-state index contributed by atoms with van der Waals surface area (Å²) in [5.74, 6) is 0.0198. The van der Waals surface area contributed by atoms with Gasteiger partial charge in [-0.3, -0.25) is 4.79 Å². The molecule has 2 rings (SSSR count). The minimum absolute atomic E-state index is 0.0198. The van der Waals surface area contributed by atoms with Crippen molar-refractivity contribution in [3.63, 3.8) is 0 Å². The first-order chi connectivity index (χ1) is 7.60. The summed E-state index contributed by atoms with van der Waals surface area (Å²) in [6.45, 7) is 0. The van der Waals surface area contributed by atoms with Crippen molar-refractivity contribution in [2.45, 2.75) is 69.1 Å². The quantitative estimate of drug-likeness (QED) is 0.648. The van der Waals surface area contributed by atoms with Crippen molar-refractivity contribution >= 4 is 5.91 Å². The molecule has 2 aliphatic rings. The van der Waals surface area contributed by atoms with Gasteiger partial charge in [0.25, 0.3) is 0 Å². The topological polar surface area (TPSA) is 75.4 Å². The largest absolute Gasteiger partial charge is 0.393 e. The van der Waals surface area contributed by atoms with Crippen molar-refractivity contribution in [3.05, 3.63) is 0 Å². The number of hydrogen-bond donors (Lipinski definition) is 3. The smallest absolute Gasteiger partial charge is 0.240 e. The SMILES string of the molecule is NC1(C(=O)NC2CCC(O)CC2)CCCC1. The highest BCUT2D eigenvalue weighted by Gasteiger charge is 2.38. The maximum atomic E-state index is 12.0. The van der Waals surface area contributed by atoms with Crippen LogP contribution < -0.4 is 11.1 Å². The molecule has 2 saturated carbocycles. The number of rotatable bonds is 2. The average Bonchev–Trinajstić information content (AvgIpc) is 2.70. The Hall–Kier alpha value is -0.610. The molecule has 16 heavy (non-hydrogen) atoms. The molecule has 0 spiro atoms. The zero-order valence-electron chi connectivity index (χ0n) is 9.74.